The number of fused-ring (bicyclic) bond motifs is 1. The zero-order chi connectivity index (χ0) is 22.9. The molecule has 33 heavy (non-hydrogen) atoms. The molecular formula is C26H29N5O2. The highest BCUT2D eigenvalue weighted by Crippen LogP contribution is 2.17. The molecule has 4 aromatic rings. The van der Waals surface area contributed by atoms with E-state index < -0.39 is 0 Å². The molecule has 0 saturated heterocycles. The van der Waals surface area contributed by atoms with Gasteiger partial charge in [-0.25, -0.2) is 4.79 Å². The van der Waals surface area contributed by atoms with Gasteiger partial charge in [-0.3, -0.25) is 4.40 Å². The molecule has 0 radical (unpaired) electrons. The predicted molar refractivity (Wildman–Crippen MR) is 127 cm³/mol. The Labute approximate surface area is 193 Å². The second kappa shape index (κ2) is 11.2. The third-order valence-corrected chi connectivity index (χ3v) is 5.39. The molecule has 2 aromatic heterocycles. The molecule has 7 nitrogen and oxygen atoms in total. The van der Waals surface area contributed by atoms with Gasteiger partial charge < -0.3 is 15.4 Å². The summed E-state index contributed by atoms with van der Waals surface area (Å²) in [6.07, 6.45) is 3.61. The molecule has 2 amide bonds. The van der Waals surface area contributed by atoms with Crippen molar-refractivity contribution in [2.24, 2.45) is 0 Å². The Kier molecular flexibility index (Phi) is 7.66. The molecule has 2 heterocycles. The van der Waals surface area contributed by atoms with Crippen molar-refractivity contribution >= 4 is 11.7 Å². The zero-order valence-corrected chi connectivity index (χ0v) is 18.8. The number of nitrogens with one attached hydrogen (secondary N) is 2. The Morgan fingerprint density at radius 2 is 1.61 bits per heavy atom. The number of amides is 2. The van der Waals surface area contributed by atoms with Crippen LogP contribution in [0.2, 0.25) is 0 Å². The Morgan fingerprint density at radius 3 is 2.36 bits per heavy atom. The molecule has 2 aromatic carbocycles. The molecule has 1 atom stereocenters. The van der Waals surface area contributed by atoms with Crippen LogP contribution >= 0.6 is 0 Å². The summed E-state index contributed by atoms with van der Waals surface area (Å²) >= 11 is 0. The summed E-state index contributed by atoms with van der Waals surface area (Å²) in [7, 11) is 0. The van der Waals surface area contributed by atoms with Crippen LogP contribution in [-0.4, -0.2) is 20.6 Å². The molecule has 0 aliphatic rings. The third kappa shape index (κ3) is 6.17. The number of benzene rings is 2. The molecule has 1 unspecified atom stereocenters. The highest BCUT2D eigenvalue weighted by atomic mass is 16.5. The van der Waals surface area contributed by atoms with Crippen molar-refractivity contribution in [3.8, 4) is 0 Å². The summed E-state index contributed by atoms with van der Waals surface area (Å²) in [5, 5.41) is 14.5. The van der Waals surface area contributed by atoms with E-state index in [1.54, 1.807) is 0 Å². The summed E-state index contributed by atoms with van der Waals surface area (Å²) in [6.45, 7) is 3.66. The van der Waals surface area contributed by atoms with Crippen LogP contribution in [-0.2, 0) is 24.5 Å². The topological polar surface area (TPSA) is 80.5 Å². The fraction of sp³-hybridized carbons (Fsp3) is 0.269. The number of rotatable bonds is 10. The van der Waals surface area contributed by atoms with Crippen LogP contribution in [0.4, 0.5) is 4.79 Å². The van der Waals surface area contributed by atoms with E-state index >= 15 is 0 Å². The normalized spacial score (nSPS) is 11.9. The minimum absolute atomic E-state index is 0.212. The number of hydrogen-bond acceptors (Lipinski definition) is 4. The van der Waals surface area contributed by atoms with Gasteiger partial charge in [0.2, 0.25) is 0 Å². The fourth-order valence-corrected chi connectivity index (χ4v) is 3.66. The maximum absolute atomic E-state index is 12.6. The maximum Gasteiger partial charge on any atom is 0.315 e. The zero-order valence-electron chi connectivity index (χ0n) is 18.8. The molecule has 2 N–H and O–H groups in total. The minimum Gasteiger partial charge on any atom is -0.372 e. The summed E-state index contributed by atoms with van der Waals surface area (Å²) < 4.78 is 7.70. The monoisotopic (exact) mass is 443 g/mol. The first-order valence-corrected chi connectivity index (χ1v) is 11.3. The van der Waals surface area contributed by atoms with Gasteiger partial charge in [0.25, 0.3) is 0 Å². The molecule has 4 rings (SSSR count). The molecule has 0 spiro atoms. The van der Waals surface area contributed by atoms with Crippen molar-refractivity contribution in [3.05, 3.63) is 102 Å². The first-order valence-electron chi connectivity index (χ1n) is 11.3. The van der Waals surface area contributed by atoms with Crippen molar-refractivity contribution in [2.45, 2.75) is 45.6 Å². The second-order valence-corrected chi connectivity index (χ2v) is 7.95. The van der Waals surface area contributed by atoms with Gasteiger partial charge >= 0.3 is 6.03 Å². The lowest BCUT2D eigenvalue weighted by Gasteiger charge is -2.17. The van der Waals surface area contributed by atoms with Crippen LogP contribution in [0.5, 0.6) is 0 Å². The number of nitrogens with zero attached hydrogens (tertiary/aromatic N) is 3. The van der Waals surface area contributed by atoms with Crippen molar-refractivity contribution in [1.82, 2.24) is 25.2 Å². The number of ether oxygens (including phenoxy) is 1. The molecule has 170 valence electrons. The van der Waals surface area contributed by atoms with E-state index in [4.69, 9.17) is 4.74 Å². The number of urea groups is 1. The lowest BCUT2D eigenvalue weighted by molar-refractivity contribution is 0.107. The highest BCUT2D eigenvalue weighted by molar-refractivity contribution is 5.74. The summed E-state index contributed by atoms with van der Waals surface area (Å²) in [5.41, 5.74) is 4.05. The van der Waals surface area contributed by atoms with Crippen LogP contribution in [0, 0.1) is 0 Å². The SMILES string of the molecule is CCCC(NC(=O)NCc1ccc(COCc2ccccc2)cc1)c1nnc2ccccn12. The van der Waals surface area contributed by atoms with Crippen LogP contribution in [0.15, 0.2) is 79.0 Å². The average molecular weight is 444 g/mol. The van der Waals surface area contributed by atoms with E-state index in [1.807, 2.05) is 71.3 Å². The summed E-state index contributed by atoms with van der Waals surface area (Å²) in [6, 6.07) is 23.5. The van der Waals surface area contributed by atoms with Crippen molar-refractivity contribution < 1.29 is 9.53 Å². The van der Waals surface area contributed by atoms with E-state index in [2.05, 4.69) is 39.9 Å². The average Bonchev–Trinajstić information content (AvgIpc) is 3.28. The maximum atomic E-state index is 12.6. The van der Waals surface area contributed by atoms with Crippen molar-refractivity contribution in [1.29, 1.82) is 0 Å². The van der Waals surface area contributed by atoms with E-state index in [0.717, 1.165) is 41.0 Å². The number of pyridine rings is 1. The van der Waals surface area contributed by atoms with Gasteiger partial charge in [0.05, 0.1) is 19.3 Å². The van der Waals surface area contributed by atoms with Crippen LogP contribution in [0.25, 0.3) is 5.65 Å². The molecule has 0 aliphatic carbocycles. The van der Waals surface area contributed by atoms with Gasteiger partial charge in [-0.15, -0.1) is 10.2 Å². The molecule has 0 aliphatic heterocycles. The lowest BCUT2D eigenvalue weighted by Crippen LogP contribution is -2.38. The molecule has 0 saturated carbocycles. The Bertz CT molecular complexity index is 1160. The van der Waals surface area contributed by atoms with Crippen LogP contribution in [0.1, 0.15) is 48.3 Å². The van der Waals surface area contributed by atoms with Gasteiger partial charge in [-0.05, 0) is 35.2 Å². The first kappa shape index (κ1) is 22.5. The third-order valence-electron chi connectivity index (χ3n) is 5.39. The van der Waals surface area contributed by atoms with E-state index in [0.29, 0.717) is 19.8 Å². The van der Waals surface area contributed by atoms with Crippen LogP contribution < -0.4 is 10.6 Å². The van der Waals surface area contributed by atoms with E-state index in [1.165, 1.54) is 0 Å². The van der Waals surface area contributed by atoms with Crippen molar-refractivity contribution in [2.75, 3.05) is 0 Å². The summed E-state index contributed by atoms with van der Waals surface area (Å²) in [4.78, 5) is 12.6. The van der Waals surface area contributed by atoms with Gasteiger partial charge in [0.15, 0.2) is 11.5 Å². The predicted octanol–water partition coefficient (Wildman–Crippen LogP) is 4.79. The summed E-state index contributed by atoms with van der Waals surface area (Å²) in [5.74, 6) is 0.738. The number of aromatic nitrogens is 3. The largest absolute Gasteiger partial charge is 0.372 e. The quantitative estimate of drug-likeness (QED) is 0.369. The second-order valence-electron chi connectivity index (χ2n) is 7.95. The minimum atomic E-state index is -0.226. The van der Waals surface area contributed by atoms with Crippen LogP contribution in [0.3, 0.4) is 0 Å². The smallest absolute Gasteiger partial charge is 0.315 e. The van der Waals surface area contributed by atoms with E-state index in [9.17, 15) is 4.79 Å². The first-order chi connectivity index (χ1) is 16.2. The van der Waals surface area contributed by atoms with E-state index in [-0.39, 0.29) is 12.1 Å². The Balaban J connectivity index is 1.27. The van der Waals surface area contributed by atoms with Gasteiger partial charge in [0, 0.05) is 12.7 Å². The molecule has 0 bridgehead atoms. The molecule has 7 heteroatoms. The number of carbonyl (C=O) groups is 1. The van der Waals surface area contributed by atoms with Gasteiger partial charge in [-0.2, -0.15) is 0 Å². The molecule has 0 fully saturated rings. The highest BCUT2D eigenvalue weighted by Gasteiger charge is 2.19. The fourth-order valence-electron chi connectivity index (χ4n) is 3.66. The Morgan fingerprint density at radius 1 is 0.909 bits per heavy atom. The lowest BCUT2D eigenvalue weighted by atomic mass is 10.1. The van der Waals surface area contributed by atoms with Gasteiger partial charge in [-0.1, -0.05) is 74.0 Å². The number of hydrogen-bond donors (Lipinski definition) is 2. The van der Waals surface area contributed by atoms with Gasteiger partial charge in [0.1, 0.15) is 0 Å². The standard InChI is InChI=1S/C26H29N5O2/c1-2-8-23(25-30-29-24-11-6-7-16-31(24)25)28-26(32)27-17-20-12-14-22(15-13-20)19-33-18-21-9-4-3-5-10-21/h3-7,9-16,23H,2,8,17-19H2,1H3,(H2,27,28,32). The molecular weight excluding hydrogens is 414 g/mol. The Hall–Kier alpha value is -3.71. The number of carbonyl (C=O) groups excluding carboxylic acids is 1. The van der Waals surface area contributed by atoms with Crippen molar-refractivity contribution in [3.63, 3.8) is 0 Å².